The number of amides is 1. The summed E-state index contributed by atoms with van der Waals surface area (Å²) in [7, 11) is 0. The second-order valence-corrected chi connectivity index (χ2v) is 6.96. The summed E-state index contributed by atoms with van der Waals surface area (Å²) in [5.41, 5.74) is 6.89. The predicted octanol–water partition coefficient (Wildman–Crippen LogP) is 2.78. The highest BCUT2D eigenvalue weighted by atomic mass is 16.6. The van der Waals surface area contributed by atoms with Gasteiger partial charge < -0.3 is 25.8 Å². The van der Waals surface area contributed by atoms with Crippen molar-refractivity contribution in [3.8, 4) is 0 Å². The number of carbonyl (C=O) groups is 2. The van der Waals surface area contributed by atoms with E-state index in [1.165, 1.54) is 4.90 Å². The van der Waals surface area contributed by atoms with E-state index >= 15 is 0 Å². The van der Waals surface area contributed by atoms with E-state index in [1.54, 1.807) is 18.2 Å². The Morgan fingerprint density at radius 1 is 1.42 bits per heavy atom. The zero-order chi connectivity index (χ0) is 17.9. The molecule has 0 aliphatic carbocycles. The third-order valence-corrected chi connectivity index (χ3v) is 3.84. The van der Waals surface area contributed by atoms with Crippen molar-refractivity contribution in [2.45, 2.75) is 45.3 Å². The van der Waals surface area contributed by atoms with Crippen LogP contribution in [0.15, 0.2) is 18.2 Å². The number of carbonyl (C=O) groups excluding carboxylic acids is 1. The summed E-state index contributed by atoms with van der Waals surface area (Å²) in [6, 6.07) is 4.81. The maximum Gasteiger partial charge on any atom is 0.407 e. The average Bonchev–Trinajstić information content (AvgIpc) is 2.93. The van der Waals surface area contributed by atoms with Gasteiger partial charge in [0.15, 0.2) is 0 Å². The van der Waals surface area contributed by atoms with Crippen molar-refractivity contribution in [1.82, 2.24) is 4.90 Å². The molecule has 7 heteroatoms. The number of nitrogens with two attached hydrogens (primary N) is 1. The van der Waals surface area contributed by atoms with Crippen molar-refractivity contribution < 1.29 is 19.4 Å². The van der Waals surface area contributed by atoms with Crippen molar-refractivity contribution in [2.75, 3.05) is 24.1 Å². The number of benzene rings is 1. The Bertz CT molecular complexity index is 625. The number of esters is 1. The van der Waals surface area contributed by atoms with Crippen LogP contribution in [0.2, 0.25) is 0 Å². The van der Waals surface area contributed by atoms with Crippen LogP contribution in [0.4, 0.5) is 16.2 Å². The first-order valence-corrected chi connectivity index (χ1v) is 8.03. The molecule has 7 nitrogen and oxygen atoms in total. The lowest BCUT2D eigenvalue weighted by Crippen LogP contribution is -2.38. The van der Waals surface area contributed by atoms with E-state index in [4.69, 9.17) is 10.5 Å². The van der Waals surface area contributed by atoms with Gasteiger partial charge in [-0.1, -0.05) is 0 Å². The number of anilines is 2. The van der Waals surface area contributed by atoms with Gasteiger partial charge in [-0.3, -0.25) is 0 Å². The molecule has 1 aliphatic rings. The standard InChI is InChI=1S/C17H25N3O4/c1-17(2,3)24-15(21)11-6-7-13(18)14(9-11)19-10-12-5-4-8-20(12)16(22)23/h6-7,9,12,19H,4-5,8,10,18H2,1-3H3,(H,22,23)/t12-/m0/s1. The van der Waals surface area contributed by atoms with Crippen LogP contribution < -0.4 is 11.1 Å². The van der Waals surface area contributed by atoms with Crippen LogP contribution in [0.5, 0.6) is 0 Å². The second kappa shape index (κ2) is 6.98. The van der Waals surface area contributed by atoms with Gasteiger partial charge in [-0.25, -0.2) is 9.59 Å². The largest absolute Gasteiger partial charge is 0.465 e. The molecule has 1 fully saturated rings. The maximum absolute atomic E-state index is 12.1. The number of nitrogen functional groups attached to an aromatic ring is 1. The minimum Gasteiger partial charge on any atom is -0.465 e. The van der Waals surface area contributed by atoms with Crippen LogP contribution in [0.25, 0.3) is 0 Å². The van der Waals surface area contributed by atoms with Gasteiger partial charge in [-0.15, -0.1) is 0 Å². The van der Waals surface area contributed by atoms with E-state index in [0.717, 1.165) is 12.8 Å². The summed E-state index contributed by atoms with van der Waals surface area (Å²) in [6.45, 7) is 6.43. The van der Waals surface area contributed by atoms with E-state index in [9.17, 15) is 14.7 Å². The van der Waals surface area contributed by atoms with Crippen LogP contribution in [0.3, 0.4) is 0 Å². The molecule has 1 aromatic rings. The zero-order valence-corrected chi connectivity index (χ0v) is 14.3. The number of carboxylic acid groups (broad SMARTS) is 1. The van der Waals surface area contributed by atoms with Gasteiger partial charge >= 0.3 is 12.1 Å². The summed E-state index contributed by atoms with van der Waals surface area (Å²) < 4.78 is 5.35. The molecular formula is C17H25N3O4. The maximum atomic E-state index is 12.1. The van der Waals surface area contributed by atoms with Crippen molar-refractivity contribution >= 4 is 23.4 Å². The van der Waals surface area contributed by atoms with Gasteiger partial charge in [-0.2, -0.15) is 0 Å². The molecule has 1 atom stereocenters. The number of nitrogens with zero attached hydrogens (tertiary/aromatic N) is 1. The van der Waals surface area contributed by atoms with Gasteiger partial charge in [0.1, 0.15) is 5.60 Å². The number of ether oxygens (including phenoxy) is 1. The molecule has 1 aromatic carbocycles. The topological polar surface area (TPSA) is 105 Å². The van der Waals surface area contributed by atoms with Crippen LogP contribution in [-0.2, 0) is 4.74 Å². The molecule has 0 saturated carbocycles. The first-order valence-electron chi connectivity index (χ1n) is 8.03. The van der Waals surface area contributed by atoms with Crippen molar-refractivity contribution in [3.63, 3.8) is 0 Å². The zero-order valence-electron chi connectivity index (χ0n) is 14.3. The number of hydrogen-bond donors (Lipinski definition) is 3. The lowest BCUT2D eigenvalue weighted by Gasteiger charge is -2.23. The molecule has 0 spiro atoms. The van der Waals surface area contributed by atoms with Crippen LogP contribution in [0, 0.1) is 0 Å². The van der Waals surface area contributed by atoms with Gasteiger partial charge in [0.05, 0.1) is 23.0 Å². The summed E-state index contributed by atoms with van der Waals surface area (Å²) >= 11 is 0. The molecule has 1 amide bonds. The molecule has 0 bridgehead atoms. The number of hydrogen-bond acceptors (Lipinski definition) is 5. The summed E-state index contributed by atoms with van der Waals surface area (Å²) in [4.78, 5) is 24.8. The smallest absolute Gasteiger partial charge is 0.407 e. The minimum atomic E-state index is -0.908. The molecule has 2 rings (SSSR count). The molecule has 132 valence electrons. The molecule has 1 heterocycles. The Hall–Kier alpha value is -2.44. The van der Waals surface area contributed by atoms with Gasteiger partial charge in [0.25, 0.3) is 0 Å². The Kier molecular flexibility index (Phi) is 5.21. The third kappa shape index (κ3) is 4.53. The third-order valence-electron chi connectivity index (χ3n) is 3.84. The second-order valence-electron chi connectivity index (χ2n) is 6.96. The van der Waals surface area contributed by atoms with Gasteiger partial charge in [0, 0.05) is 13.1 Å². The fourth-order valence-electron chi connectivity index (χ4n) is 2.70. The Morgan fingerprint density at radius 3 is 2.75 bits per heavy atom. The van der Waals surface area contributed by atoms with Gasteiger partial charge in [0.2, 0.25) is 0 Å². The van der Waals surface area contributed by atoms with Crippen molar-refractivity contribution in [2.24, 2.45) is 0 Å². The van der Waals surface area contributed by atoms with E-state index in [2.05, 4.69) is 5.32 Å². The normalized spacial score (nSPS) is 17.6. The Morgan fingerprint density at radius 2 is 2.12 bits per heavy atom. The highest BCUT2D eigenvalue weighted by molar-refractivity contribution is 5.92. The molecule has 4 N–H and O–H groups in total. The van der Waals surface area contributed by atoms with E-state index in [0.29, 0.717) is 30.0 Å². The average molecular weight is 335 g/mol. The van der Waals surface area contributed by atoms with E-state index in [1.807, 2.05) is 20.8 Å². The molecule has 24 heavy (non-hydrogen) atoms. The van der Waals surface area contributed by atoms with Crippen molar-refractivity contribution in [1.29, 1.82) is 0 Å². The number of rotatable bonds is 4. The molecular weight excluding hydrogens is 310 g/mol. The fraction of sp³-hybridized carbons (Fsp3) is 0.529. The van der Waals surface area contributed by atoms with Crippen molar-refractivity contribution in [3.05, 3.63) is 23.8 Å². The monoisotopic (exact) mass is 335 g/mol. The van der Waals surface area contributed by atoms with Crippen LogP contribution in [-0.4, -0.2) is 46.8 Å². The minimum absolute atomic E-state index is 0.0907. The summed E-state index contributed by atoms with van der Waals surface area (Å²) in [5, 5.41) is 12.3. The quantitative estimate of drug-likeness (QED) is 0.577. The first-order chi connectivity index (χ1) is 11.2. The summed E-state index contributed by atoms with van der Waals surface area (Å²) in [5.74, 6) is -0.418. The SMILES string of the molecule is CC(C)(C)OC(=O)c1ccc(N)c(NC[C@@H]2CCCN2C(=O)O)c1. The Labute approximate surface area is 141 Å². The lowest BCUT2D eigenvalue weighted by molar-refractivity contribution is 0.00695. The molecule has 0 radical (unpaired) electrons. The fourth-order valence-corrected chi connectivity index (χ4v) is 2.70. The van der Waals surface area contributed by atoms with E-state index < -0.39 is 17.7 Å². The number of nitrogens with one attached hydrogen (secondary N) is 1. The number of likely N-dealkylation sites (tertiary alicyclic amines) is 1. The van der Waals surface area contributed by atoms with Gasteiger partial charge in [-0.05, 0) is 51.8 Å². The highest BCUT2D eigenvalue weighted by Crippen LogP contribution is 2.24. The molecule has 0 unspecified atom stereocenters. The first kappa shape index (κ1) is 17.9. The van der Waals surface area contributed by atoms with Crippen LogP contribution >= 0.6 is 0 Å². The predicted molar refractivity (Wildman–Crippen MR) is 92.3 cm³/mol. The molecule has 1 saturated heterocycles. The highest BCUT2D eigenvalue weighted by Gasteiger charge is 2.28. The summed E-state index contributed by atoms with van der Waals surface area (Å²) in [6.07, 6.45) is 0.756. The van der Waals surface area contributed by atoms with E-state index in [-0.39, 0.29) is 6.04 Å². The molecule has 1 aliphatic heterocycles. The lowest BCUT2D eigenvalue weighted by atomic mass is 10.1. The Balaban J connectivity index is 2.06. The molecule has 0 aromatic heterocycles. The van der Waals surface area contributed by atoms with Crippen LogP contribution in [0.1, 0.15) is 44.0 Å².